The molecule has 3 aromatic rings. The van der Waals surface area contributed by atoms with Crippen molar-refractivity contribution in [2.45, 2.75) is 6.54 Å². The van der Waals surface area contributed by atoms with Gasteiger partial charge in [0.1, 0.15) is 5.75 Å². The third-order valence-corrected chi connectivity index (χ3v) is 3.76. The molecule has 0 saturated heterocycles. The summed E-state index contributed by atoms with van der Waals surface area (Å²) in [6, 6.07) is 23.9. The third-order valence-electron chi connectivity index (χ3n) is 3.76. The molecule has 0 fully saturated rings. The highest BCUT2D eigenvalue weighted by molar-refractivity contribution is 5.94. The molecule has 5 nitrogen and oxygen atoms in total. The molecule has 3 rings (SSSR count). The molecule has 0 spiro atoms. The molecule has 0 aliphatic rings. The molecular formula is C21H19N3O2. The van der Waals surface area contributed by atoms with Gasteiger partial charge in [0, 0.05) is 17.8 Å². The van der Waals surface area contributed by atoms with Crippen molar-refractivity contribution >= 4 is 17.8 Å². The van der Waals surface area contributed by atoms with E-state index in [-0.39, 0.29) is 11.7 Å². The zero-order chi connectivity index (χ0) is 18.2. The molecule has 0 aliphatic heterocycles. The van der Waals surface area contributed by atoms with Crippen molar-refractivity contribution < 1.29 is 9.90 Å². The molecule has 3 N–H and O–H groups in total. The number of hydrogen-bond acceptors (Lipinski definition) is 4. The Balaban J connectivity index is 1.52. The van der Waals surface area contributed by atoms with Crippen molar-refractivity contribution in [3.05, 3.63) is 95.6 Å². The number of hydrogen-bond donors (Lipinski definition) is 3. The molecule has 3 aromatic carbocycles. The lowest BCUT2D eigenvalue weighted by atomic mass is 10.1. The van der Waals surface area contributed by atoms with Crippen molar-refractivity contribution in [1.29, 1.82) is 0 Å². The van der Waals surface area contributed by atoms with Gasteiger partial charge in [-0.2, -0.15) is 5.10 Å². The number of carbonyl (C=O) groups excluding carboxylic acids is 1. The van der Waals surface area contributed by atoms with E-state index in [0.717, 1.165) is 16.8 Å². The summed E-state index contributed by atoms with van der Waals surface area (Å²) in [7, 11) is 0. The highest BCUT2D eigenvalue weighted by Crippen LogP contribution is 2.10. The van der Waals surface area contributed by atoms with Crippen molar-refractivity contribution in [3.63, 3.8) is 0 Å². The second-order valence-corrected chi connectivity index (χ2v) is 5.71. The van der Waals surface area contributed by atoms with E-state index in [1.807, 2.05) is 42.5 Å². The Morgan fingerprint density at radius 1 is 0.923 bits per heavy atom. The van der Waals surface area contributed by atoms with Gasteiger partial charge in [-0.15, -0.1) is 0 Å². The Labute approximate surface area is 152 Å². The van der Waals surface area contributed by atoms with Crippen LogP contribution in [-0.2, 0) is 6.54 Å². The summed E-state index contributed by atoms with van der Waals surface area (Å²) in [6.45, 7) is 0.685. The van der Waals surface area contributed by atoms with E-state index in [0.29, 0.717) is 12.1 Å². The second-order valence-electron chi connectivity index (χ2n) is 5.71. The van der Waals surface area contributed by atoms with Crippen LogP contribution in [0.4, 0.5) is 5.69 Å². The molecule has 0 unspecified atom stereocenters. The van der Waals surface area contributed by atoms with Crippen LogP contribution in [0.15, 0.2) is 84.0 Å². The molecule has 5 heteroatoms. The number of para-hydroxylation sites is 1. The van der Waals surface area contributed by atoms with Crippen molar-refractivity contribution in [2.75, 3.05) is 5.32 Å². The lowest BCUT2D eigenvalue weighted by Crippen LogP contribution is -2.17. The van der Waals surface area contributed by atoms with Gasteiger partial charge < -0.3 is 10.4 Å². The normalized spacial score (nSPS) is 10.6. The van der Waals surface area contributed by atoms with Gasteiger partial charge in [0.2, 0.25) is 0 Å². The quantitative estimate of drug-likeness (QED) is 0.470. The second kappa shape index (κ2) is 8.48. The largest absolute Gasteiger partial charge is 0.508 e. The standard InChI is InChI=1S/C21H19N3O2/c25-20-12-8-17(9-13-20)15-23-24-21(26)18-10-6-16(7-11-18)14-22-19-4-2-1-3-5-19/h1-13,15,22,25H,14H2,(H,24,26). The first-order valence-electron chi connectivity index (χ1n) is 8.21. The first kappa shape index (κ1) is 17.2. The number of carbonyl (C=O) groups is 1. The van der Waals surface area contributed by atoms with Crippen molar-refractivity contribution in [3.8, 4) is 5.75 Å². The smallest absolute Gasteiger partial charge is 0.271 e. The number of amides is 1. The first-order valence-corrected chi connectivity index (χ1v) is 8.21. The number of phenols is 1. The Hall–Kier alpha value is -3.60. The van der Waals surface area contributed by atoms with E-state index in [2.05, 4.69) is 15.8 Å². The molecule has 0 heterocycles. The van der Waals surface area contributed by atoms with Crippen LogP contribution >= 0.6 is 0 Å². The van der Waals surface area contributed by atoms with Crippen LogP contribution in [0.5, 0.6) is 5.75 Å². The number of nitrogens with zero attached hydrogens (tertiary/aromatic N) is 1. The molecule has 130 valence electrons. The number of benzene rings is 3. The molecule has 0 bridgehead atoms. The van der Waals surface area contributed by atoms with E-state index in [1.165, 1.54) is 6.21 Å². The van der Waals surface area contributed by atoms with E-state index in [4.69, 9.17) is 0 Å². The summed E-state index contributed by atoms with van der Waals surface area (Å²) < 4.78 is 0. The Bertz CT molecular complexity index is 873. The Kier molecular flexibility index (Phi) is 5.62. The topological polar surface area (TPSA) is 73.7 Å². The predicted octanol–water partition coefficient (Wildman–Crippen LogP) is 3.77. The number of nitrogens with one attached hydrogen (secondary N) is 2. The highest BCUT2D eigenvalue weighted by atomic mass is 16.3. The Morgan fingerprint density at radius 2 is 1.62 bits per heavy atom. The zero-order valence-corrected chi connectivity index (χ0v) is 14.1. The summed E-state index contributed by atoms with van der Waals surface area (Å²) in [5.74, 6) is -0.0874. The molecule has 0 aliphatic carbocycles. The zero-order valence-electron chi connectivity index (χ0n) is 14.1. The lowest BCUT2D eigenvalue weighted by Gasteiger charge is -2.07. The highest BCUT2D eigenvalue weighted by Gasteiger charge is 2.04. The molecule has 0 saturated carbocycles. The predicted molar refractivity (Wildman–Crippen MR) is 103 cm³/mol. The molecule has 0 radical (unpaired) electrons. The maximum atomic E-state index is 12.1. The van der Waals surface area contributed by atoms with Crippen LogP contribution in [-0.4, -0.2) is 17.2 Å². The number of anilines is 1. The first-order chi connectivity index (χ1) is 12.7. The average Bonchev–Trinajstić information content (AvgIpc) is 2.69. The summed E-state index contributed by atoms with van der Waals surface area (Å²) in [5.41, 5.74) is 5.95. The monoisotopic (exact) mass is 345 g/mol. The summed E-state index contributed by atoms with van der Waals surface area (Å²) >= 11 is 0. The molecular weight excluding hydrogens is 326 g/mol. The Morgan fingerprint density at radius 3 is 2.31 bits per heavy atom. The minimum atomic E-state index is -0.275. The van der Waals surface area contributed by atoms with Gasteiger partial charge in [0.15, 0.2) is 0 Å². The van der Waals surface area contributed by atoms with Crippen LogP contribution in [0, 0.1) is 0 Å². The molecule has 0 aromatic heterocycles. The van der Waals surface area contributed by atoms with Gasteiger partial charge in [-0.3, -0.25) is 4.79 Å². The minimum absolute atomic E-state index is 0.188. The maximum Gasteiger partial charge on any atom is 0.271 e. The molecule has 0 atom stereocenters. The molecule has 26 heavy (non-hydrogen) atoms. The van der Waals surface area contributed by atoms with E-state index < -0.39 is 0 Å². The van der Waals surface area contributed by atoms with Crippen LogP contribution in [0.25, 0.3) is 0 Å². The fraction of sp³-hybridized carbons (Fsp3) is 0.0476. The maximum absolute atomic E-state index is 12.1. The number of hydrazone groups is 1. The van der Waals surface area contributed by atoms with Gasteiger partial charge in [-0.1, -0.05) is 30.3 Å². The van der Waals surface area contributed by atoms with Crippen LogP contribution in [0.1, 0.15) is 21.5 Å². The number of phenolic OH excluding ortho intramolecular Hbond substituents is 1. The summed E-state index contributed by atoms with van der Waals surface area (Å²) in [6.07, 6.45) is 1.52. The third kappa shape index (κ3) is 4.95. The summed E-state index contributed by atoms with van der Waals surface area (Å²) in [5, 5.41) is 16.5. The van der Waals surface area contributed by atoms with Crippen LogP contribution < -0.4 is 10.7 Å². The average molecular weight is 345 g/mol. The van der Waals surface area contributed by atoms with Gasteiger partial charge >= 0.3 is 0 Å². The number of rotatable bonds is 6. The van der Waals surface area contributed by atoms with Crippen molar-refractivity contribution in [1.82, 2.24) is 5.43 Å². The van der Waals surface area contributed by atoms with Gasteiger partial charge in [-0.05, 0) is 59.7 Å². The van der Waals surface area contributed by atoms with E-state index in [9.17, 15) is 9.90 Å². The van der Waals surface area contributed by atoms with E-state index >= 15 is 0 Å². The van der Waals surface area contributed by atoms with Gasteiger partial charge in [0.05, 0.1) is 6.21 Å². The van der Waals surface area contributed by atoms with Crippen LogP contribution in [0.3, 0.4) is 0 Å². The molecule has 1 amide bonds. The van der Waals surface area contributed by atoms with E-state index in [1.54, 1.807) is 36.4 Å². The van der Waals surface area contributed by atoms with Crippen LogP contribution in [0.2, 0.25) is 0 Å². The van der Waals surface area contributed by atoms with Gasteiger partial charge in [-0.25, -0.2) is 5.43 Å². The summed E-state index contributed by atoms with van der Waals surface area (Å²) in [4.78, 5) is 12.1. The fourth-order valence-corrected chi connectivity index (χ4v) is 2.32. The number of aromatic hydroxyl groups is 1. The van der Waals surface area contributed by atoms with Crippen molar-refractivity contribution in [2.24, 2.45) is 5.10 Å². The SMILES string of the molecule is O=C(NN=Cc1ccc(O)cc1)c1ccc(CNc2ccccc2)cc1. The minimum Gasteiger partial charge on any atom is -0.508 e. The lowest BCUT2D eigenvalue weighted by molar-refractivity contribution is 0.0955. The fourth-order valence-electron chi connectivity index (χ4n) is 2.32. The van der Waals surface area contributed by atoms with Gasteiger partial charge in [0.25, 0.3) is 5.91 Å².